The maximum atomic E-state index is 6.17. The molecule has 0 aliphatic carbocycles. The minimum Gasteiger partial charge on any atom is -0.192 e. The maximum absolute atomic E-state index is 6.17. The van der Waals surface area contributed by atoms with Gasteiger partial charge in [-0.3, -0.25) is 0 Å². The van der Waals surface area contributed by atoms with Crippen LogP contribution in [0.4, 0.5) is 0 Å². The van der Waals surface area contributed by atoms with E-state index in [9.17, 15) is 0 Å². The predicted octanol–water partition coefficient (Wildman–Crippen LogP) is 3.83. The first kappa shape index (κ1) is 11.2. The van der Waals surface area contributed by atoms with Crippen LogP contribution in [0.25, 0.3) is 10.9 Å². The Labute approximate surface area is 111 Å². The summed E-state index contributed by atoms with van der Waals surface area (Å²) in [6.07, 6.45) is 1.98. The molecule has 2 heteroatoms. The number of benzene rings is 2. The average molecular weight is 255 g/mol. The number of pyridine rings is 1. The van der Waals surface area contributed by atoms with Crippen LogP contribution < -0.4 is 4.57 Å². The molecule has 2 aromatic carbocycles. The Morgan fingerprint density at radius 3 is 2.44 bits per heavy atom. The van der Waals surface area contributed by atoms with Crippen molar-refractivity contribution in [3.05, 3.63) is 77.4 Å². The lowest BCUT2D eigenvalue weighted by molar-refractivity contribution is -0.662. The van der Waals surface area contributed by atoms with Gasteiger partial charge >= 0.3 is 0 Å². The molecule has 3 rings (SSSR count). The van der Waals surface area contributed by atoms with Gasteiger partial charge in [-0.05, 0) is 12.1 Å². The van der Waals surface area contributed by atoms with E-state index in [1.165, 1.54) is 16.5 Å². The number of hydrogen-bond acceptors (Lipinski definition) is 0. The van der Waals surface area contributed by atoms with Gasteiger partial charge in [0.1, 0.15) is 5.02 Å². The van der Waals surface area contributed by atoms with Crippen molar-refractivity contribution in [1.29, 1.82) is 0 Å². The molecule has 18 heavy (non-hydrogen) atoms. The molecule has 0 unspecified atom stereocenters. The van der Waals surface area contributed by atoms with Crippen LogP contribution in [0.3, 0.4) is 0 Å². The van der Waals surface area contributed by atoms with E-state index in [1.54, 1.807) is 0 Å². The van der Waals surface area contributed by atoms with Crippen LogP contribution in [-0.2, 0) is 6.54 Å². The number of para-hydroxylation sites is 1. The van der Waals surface area contributed by atoms with Crippen LogP contribution in [0.5, 0.6) is 0 Å². The van der Waals surface area contributed by atoms with E-state index in [0.717, 1.165) is 11.6 Å². The molecule has 0 aliphatic rings. The van der Waals surface area contributed by atoms with Gasteiger partial charge < -0.3 is 0 Å². The number of nitrogens with zero attached hydrogens (tertiary/aromatic N) is 1. The van der Waals surface area contributed by atoms with E-state index in [1.807, 2.05) is 24.4 Å². The van der Waals surface area contributed by atoms with Crippen LogP contribution in [0, 0.1) is 0 Å². The quantitative estimate of drug-likeness (QED) is 0.612. The van der Waals surface area contributed by atoms with Crippen molar-refractivity contribution in [3.8, 4) is 0 Å². The van der Waals surface area contributed by atoms with Crippen LogP contribution in [0.1, 0.15) is 5.56 Å². The van der Waals surface area contributed by atoms with Crippen molar-refractivity contribution >= 4 is 22.5 Å². The minimum atomic E-state index is 0.768. The normalized spacial score (nSPS) is 10.7. The fraction of sp³-hybridized carbons (Fsp3) is 0.0625. The predicted molar refractivity (Wildman–Crippen MR) is 74.7 cm³/mol. The molecule has 3 aromatic rings. The maximum Gasteiger partial charge on any atom is 0.212 e. The Morgan fingerprint density at radius 1 is 0.889 bits per heavy atom. The van der Waals surface area contributed by atoms with Crippen LogP contribution >= 0.6 is 11.6 Å². The molecule has 0 saturated carbocycles. The first-order chi connectivity index (χ1) is 8.83. The highest BCUT2D eigenvalue weighted by atomic mass is 35.5. The minimum absolute atomic E-state index is 0.768. The van der Waals surface area contributed by atoms with E-state index in [-0.39, 0.29) is 0 Å². The number of halogens is 1. The summed E-state index contributed by atoms with van der Waals surface area (Å²) < 4.78 is 2.19. The number of rotatable bonds is 2. The second-order valence-corrected chi connectivity index (χ2v) is 4.77. The molecule has 0 saturated heterocycles. The Hall–Kier alpha value is -1.86. The Kier molecular flexibility index (Phi) is 2.99. The molecule has 0 bridgehead atoms. The van der Waals surface area contributed by atoms with E-state index in [2.05, 4.69) is 47.0 Å². The van der Waals surface area contributed by atoms with Crippen LogP contribution in [-0.4, -0.2) is 0 Å². The SMILES string of the molecule is Clc1cc2ccccc2[n+](Cc2ccccc2)c1. The van der Waals surface area contributed by atoms with Gasteiger partial charge in [0.2, 0.25) is 5.52 Å². The molecule has 1 nitrogen and oxygen atoms in total. The molecule has 1 heterocycles. The highest BCUT2D eigenvalue weighted by Crippen LogP contribution is 2.15. The number of hydrogen-bond donors (Lipinski definition) is 0. The Bertz CT molecular complexity index is 677. The third-order valence-corrected chi connectivity index (χ3v) is 3.22. The zero-order chi connectivity index (χ0) is 12.4. The first-order valence-corrected chi connectivity index (χ1v) is 6.32. The molecule has 0 atom stereocenters. The highest BCUT2D eigenvalue weighted by molar-refractivity contribution is 6.30. The van der Waals surface area contributed by atoms with Crippen molar-refractivity contribution < 1.29 is 4.57 Å². The van der Waals surface area contributed by atoms with E-state index in [4.69, 9.17) is 11.6 Å². The lowest BCUT2D eigenvalue weighted by Crippen LogP contribution is -2.34. The Morgan fingerprint density at radius 2 is 1.61 bits per heavy atom. The van der Waals surface area contributed by atoms with Crippen molar-refractivity contribution in [3.63, 3.8) is 0 Å². The summed E-state index contributed by atoms with van der Waals surface area (Å²) in [6.45, 7) is 0.835. The molecule has 0 aliphatic heterocycles. The van der Waals surface area contributed by atoms with Gasteiger partial charge in [-0.15, -0.1) is 0 Å². The van der Waals surface area contributed by atoms with Crippen molar-refractivity contribution in [1.82, 2.24) is 0 Å². The number of aromatic nitrogens is 1. The number of fused-ring (bicyclic) bond motifs is 1. The Balaban J connectivity index is 2.11. The monoisotopic (exact) mass is 254 g/mol. The fourth-order valence-corrected chi connectivity index (χ4v) is 2.42. The lowest BCUT2D eigenvalue weighted by Gasteiger charge is -2.02. The van der Waals surface area contributed by atoms with Gasteiger partial charge in [-0.2, -0.15) is 4.57 Å². The summed E-state index contributed by atoms with van der Waals surface area (Å²) in [4.78, 5) is 0. The summed E-state index contributed by atoms with van der Waals surface area (Å²) in [6, 6.07) is 20.7. The van der Waals surface area contributed by atoms with E-state index >= 15 is 0 Å². The topological polar surface area (TPSA) is 3.88 Å². The van der Waals surface area contributed by atoms with Gasteiger partial charge in [0.25, 0.3) is 0 Å². The van der Waals surface area contributed by atoms with Crippen molar-refractivity contribution in [2.45, 2.75) is 6.54 Å². The fourth-order valence-electron chi connectivity index (χ4n) is 2.19. The van der Waals surface area contributed by atoms with Gasteiger partial charge in [-0.25, -0.2) is 0 Å². The second kappa shape index (κ2) is 4.79. The summed E-state index contributed by atoms with van der Waals surface area (Å²) in [7, 11) is 0. The third-order valence-electron chi connectivity index (χ3n) is 3.01. The molecular formula is C16H13ClN+. The molecule has 1 aromatic heterocycles. The third kappa shape index (κ3) is 2.22. The largest absolute Gasteiger partial charge is 0.212 e. The summed E-state index contributed by atoms with van der Waals surface area (Å²) in [5.74, 6) is 0. The molecule has 0 N–H and O–H groups in total. The summed E-state index contributed by atoms with van der Waals surface area (Å²) >= 11 is 6.17. The van der Waals surface area contributed by atoms with Crippen molar-refractivity contribution in [2.75, 3.05) is 0 Å². The lowest BCUT2D eigenvalue weighted by atomic mass is 10.2. The average Bonchev–Trinajstić information content (AvgIpc) is 2.40. The van der Waals surface area contributed by atoms with Gasteiger partial charge in [0.05, 0.1) is 0 Å². The van der Waals surface area contributed by atoms with Gasteiger partial charge in [-0.1, -0.05) is 54.1 Å². The highest BCUT2D eigenvalue weighted by Gasteiger charge is 2.10. The summed E-state index contributed by atoms with van der Waals surface area (Å²) in [5.41, 5.74) is 2.47. The summed E-state index contributed by atoms with van der Waals surface area (Å²) in [5, 5.41) is 1.94. The smallest absolute Gasteiger partial charge is 0.192 e. The molecule has 0 amide bonds. The molecule has 0 radical (unpaired) electrons. The molecule has 0 fully saturated rings. The van der Waals surface area contributed by atoms with Crippen LogP contribution in [0.2, 0.25) is 5.02 Å². The van der Waals surface area contributed by atoms with Gasteiger partial charge in [0.15, 0.2) is 12.7 Å². The zero-order valence-electron chi connectivity index (χ0n) is 9.88. The standard InChI is InChI=1S/C16H13ClN/c17-15-10-14-8-4-5-9-16(14)18(12-15)11-13-6-2-1-3-7-13/h1-10,12H,11H2/q+1. The zero-order valence-corrected chi connectivity index (χ0v) is 10.6. The second-order valence-electron chi connectivity index (χ2n) is 4.33. The molecular weight excluding hydrogens is 242 g/mol. The van der Waals surface area contributed by atoms with E-state index < -0.39 is 0 Å². The van der Waals surface area contributed by atoms with Crippen LogP contribution in [0.15, 0.2) is 66.9 Å². The van der Waals surface area contributed by atoms with Crippen molar-refractivity contribution in [2.24, 2.45) is 0 Å². The van der Waals surface area contributed by atoms with E-state index in [0.29, 0.717) is 0 Å². The molecule has 88 valence electrons. The first-order valence-electron chi connectivity index (χ1n) is 5.94. The molecule has 0 spiro atoms. The van der Waals surface area contributed by atoms with Gasteiger partial charge in [0, 0.05) is 17.0 Å².